The van der Waals surface area contributed by atoms with Crippen LogP contribution in [0.3, 0.4) is 0 Å². The molecule has 74 valence electrons. The van der Waals surface area contributed by atoms with E-state index >= 15 is 0 Å². The highest BCUT2D eigenvalue weighted by atomic mass is 16.4. The Labute approximate surface area is 77.5 Å². The van der Waals surface area contributed by atoms with E-state index in [0.29, 0.717) is 6.54 Å². The van der Waals surface area contributed by atoms with Crippen molar-refractivity contribution in [2.75, 3.05) is 6.54 Å². The summed E-state index contributed by atoms with van der Waals surface area (Å²) in [6.45, 7) is 3.86. The van der Waals surface area contributed by atoms with Crippen LogP contribution in [0.4, 0.5) is 0 Å². The van der Waals surface area contributed by atoms with Gasteiger partial charge in [-0.3, -0.25) is 9.59 Å². The molecule has 4 heteroatoms. The van der Waals surface area contributed by atoms with E-state index in [1.165, 1.54) is 6.92 Å². The summed E-state index contributed by atoms with van der Waals surface area (Å²) in [5.74, 6) is -1.29. The Kier molecular flexibility index (Phi) is 2.90. The van der Waals surface area contributed by atoms with E-state index in [4.69, 9.17) is 5.11 Å². The van der Waals surface area contributed by atoms with Crippen LogP contribution in [0.2, 0.25) is 0 Å². The van der Waals surface area contributed by atoms with Crippen LogP contribution in [0.25, 0.3) is 0 Å². The average Bonchev–Trinajstić information content (AvgIpc) is 2.50. The Morgan fingerprint density at radius 1 is 1.54 bits per heavy atom. The van der Waals surface area contributed by atoms with Crippen molar-refractivity contribution in [3.05, 3.63) is 0 Å². The number of amides is 1. The van der Waals surface area contributed by atoms with Crippen LogP contribution >= 0.6 is 0 Å². The van der Waals surface area contributed by atoms with E-state index in [-0.39, 0.29) is 11.9 Å². The zero-order valence-electron chi connectivity index (χ0n) is 7.99. The summed E-state index contributed by atoms with van der Waals surface area (Å²) in [4.78, 5) is 23.5. The van der Waals surface area contributed by atoms with E-state index in [2.05, 4.69) is 0 Å². The number of aliphatic carboxylic acids is 1. The summed E-state index contributed by atoms with van der Waals surface area (Å²) in [5, 5.41) is 8.80. The van der Waals surface area contributed by atoms with Crippen molar-refractivity contribution in [2.24, 2.45) is 5.92 Å². The third-order valence-corrected chi connectivity index (χ3v) is 2.67. The summed E-state index contributed by atoms with van der Waals surface area (Å²) in [5.41, 5.74) is 0. The normalized spacial score (nSPS) is 24.5. The quantitative estimate of drug-likeness (QED) is 0.689. The summed E-state index contributed by atoms with van der Waals surface area (Å²) in [6, 6.07) is -0.102. The molecule has 4 nitrogen and oxygen atoms in total. The fraction of sp³-hybridized carbons (Fsp3) is 0.778. The van der Waals surface area contributed by atoms with Crippen LogP contribution in [0, 0.1) is 5.92 Å². The monoisotopic (exact) mass is 185 g/mol. The van der Waals surface area contributed by atoms with Gasteiger partial charge in [0.25, 0.3) is 0 Å². The molecule has 1 saturated heterocycles. The van der Waals surface area contributed by atoms with Crippen molar-refractivity contribution in [3.63, 3.8) is 0 Å². The van der Waals surface area contributed by atoms with Gasteiger partial charge >= 0.3 is 5.97 Å². The lowest BCUT2D eigenvalue weighted by atomic mass is 10.00. The van der Waals surface area contributed by atoms with Crippen LogP contribution in [0.5, 0.6) is 0 Å². The molecule has 0 aromatic rings. The molecule has 2 atom stereocenters. The summed E-state index contributed by atoms with van der Waals surface area (Å²) in [6.07, 6.45) is 1.73. The fourth-order valence-corrected chi connectivity index (χ4v) is 1.87. The van der Waals surface area contributed by atoms with E-state index in [9.17, 15) is 9.59 Å². The maximum atomic E-state index is 11.1. The number of carboxylic acid groups (broad SMARTS) is 1. The predicted octanol–water partition coefficient (Wildman–Crippen LogP) is 0.718. The molecular weight excluding hydrogens is 170 g/mol. The van der Waals surface area contributed by atoms with E-state index in [1.54, 1.807) is 11.8 Å². The number of carboxylic acids is 1. The first kappa shape index (κ1) is 10.0. The summed E-state index contributed by atoms with van der Waals surface area (Å²) in [7, 11) is 0. The third-order valence-electron chi connectivity index (χ3n) is 2.67. The third kappa shape index (κ3) is 1.99. The SMILES string of the molecule is CC(=O)N1CCCC1C(C)C(=O)O. The highest BCUT2D eigenvalue weighted by Crippen LogP contribution is 2.23. The van der Waals surface area contributed by atoms with Crippen molar-refractivity contribution >= 4 is 11.9 Å². The molecule has 0 aromatic carbocycles. The molecule has 1 fully saturated rings. The van der Waals surface area contributed by atoms with Gasteiger partial charge in [-0.1, -0.05) is 0 Å². The topological polar surface area (TPSA) is 57.6 Å². The number of hydrogen-bond acceptors (Lipinski definition) is 2. The van der Waals surface area contributed by atoms with E-state index in [1.807, 2.05) is 0 Å². The van der Waals surface area contributed by atoms with Crippen molar-refractivity contribution in [2.45, 2.75) is 32.7 Å². The highest BCUT2D eigenvalue weighted by molar-refractivity contribution is 5.76. The van der Waals surface area contributed by atoms with Crippen LogP contribution in [-0.4, -0.2) is 34.5 Å². The van der Waals surface area contributed by atoms with Crippen molar-refractivity contribution in [1.82, 2.24) is 4.90 Å². The molecule has 0 saturated carbocycles. The Hall–Kier alpha value is -1.06. The van der Waals surface area contributed by atoms with Gasteiger partial charge in [-0.15, -0.1) is 0 Å². The number of likely N-dealkylation sites (tertiary alicyclic amines) is 1. The Bertz CT molecular complexity index is 227. The lowest BCUT2D eigenvalue weighted by Crippen LogP contribution is -2.40. The second-order valence-electron chi connectivity index (χ2n) is 3.55. The second kappa shape index (κ2) is 3.77. The van der Waals surface area contributed by atoms with E-state index in [0.717, 1.165) is 12.8 Å². The van der Waals surface area contributed by atoms with Gasteiger partial charge in [0.1, 0.15) is 0 Å². The Morgan fingerprint density at radius 2 is 2.15 bits per heavy atom. The van der Waals surface area contributed by atoms with Crippen molar-refractivity contribution in [1.29, 1.82) is 0 Å². The molecule has 1 heterocycles. The van der Waals surface area contributed by atoms with Gasteiger partial charge < -0.3 is 10.0 Å². The van der Waals surface area contributed by atoms with Gasteiger partial charge in [0.15, 0.2) is 0 Å². The molecule has 0 radical (unpaired) electrons. The first-order chi connectivity index (χ1) is 6.04. The van der Waals surface area contributed by atoms with Gasteiger partial charge in [-0.2, -0.15) is 0 Å². The standard InChI is InChI=1S/C9H15NO3/c1-6(9(12)13)8-4-3-5-10(8)7(2)11/h6,8H,3-5H2,1-2H3,(H,12,13). The predicted molar refractivity (Wildman–Crippen MR) is 47.2 cm³/mol. The molecule has 1 aliphatic rings. The number of carbonyl (C=O) groups excluding carboxylic acids is 1. The molecule has 13 heavy (non-hydrogen) atoms. The molecule has 1 N–H and O–H groups in total. The van der Waals surface area contributed by atoms with E-state index < -0.39 is 11.9 Å². The van der Waals surface area contributed by atoms with Crippen molar-refractivity contribution < 1.29 is 14.7 Å². The maximum absolute atomic E-state index is 11.1. The highest BCUT2D eigenvalue weighted by Gasteiger charge is 2.34. The average molecular weight is 185 g/mol. The number of carbonyl (C=O) groups is 2. The van der Waals surface area contributed by atoms with Crippen LogP contribution in [0.1, 0.15) is 26.7 Å². The Morgan fingerprint density at radius 3 is 2.62 bits per heavy atom. The lowest BCUT2D eigenvalue weighted by molar-refractivity contribution is -0.144. The van der Waals surface area contributed by atoms with Crippen molar-refractivity contribution in [3.8, 4) is 0 Å². The summed E-state index contributed by atoms with van der Waals surface area (Å²) >= 11 is 0. The van der Waals surface area contributed by atoms with Crippen LogP contribution in [0.15, 0.2) is 0 Å². The molecule has 2 unspecified atom stereocenters. The minimum absolute atomic E-state index is 0.0180. The molecule has 1 aliphatic heterocycles. The largest absolute Gasteiger partial charge is 0.481 e. The smallest absolute Gasteiger partial charge is 0.308 e. The minimum atomic E-state index is -0.821. The van der Waals surface area contributed by atoms with Gasteiger partial charge in [-0.25, -0.2) is 0 Å². The summed E-state index contributed by atoms with van der Waals surface area (Å²) < 4.78 is 0. The van der Waals surface area contributed by atoms with Gasteiger partial charge in [0.2, 0.25) is 5.91 Å². The fourth-order valence-electron chi connectivity index (χ4n) is 1.87. The van der Waals surface area contributed by atoms with Gasteiger partial charge in [0.05, 0.1) is 5.92 Å². The molecular formula is C9H15NO3. The Balaban J connectivity index is 2.68. The first-order valence-electron chi connectivity index (χ1n) is 4.54. The lowest BCUT2D eigenvalue weighted by Gasteiger charge is -2.26. The zero-order chi connectivity index (χ0) is 10.0. The van der Waals surface area contributed by atoms with Crippen LogP contribution < -0.4 is 0 Å². The van der Waals surface area contributed by atoms with Gasteiger partial charge in [0, 0.05) is 19.5 Å². The van der Waals surface area contributed by atoms with Gasteiger partial charge in [-0.05, 0) is 19.8 Å². The maximum Gasteiger partial charge on any atom is 0.308 e. The molecule has 0 aliphatic carbocycles. The molecule has 0 aromatic heterocycles. The van der Waals surface area contributed by atoms with Crippen LogP contribution in [-0.2, 0) is 9.59 Å². The number of hydrogen-bond donors (Lipinski definition) is 1. The molecule has 0 bridgehead atoms. The number of rotatable bonds is 2. The second-order valence-corrected chi connectivity index (χ2v) is 3.55. The zero-order valence-corrected chi connectivity index (χ0v) is 7.99. The minimum Gasteiger partial charge on any atom is -0.481 e. The first-order valence-corrected chi connectivity index (χ1v) is 4.54. The molecule has 0 spiro atoms. The number of nitrogens with zero attached hydrogens (tertiary/aromatic N) is 1. The molecule has 1 amide bonds. The molecule has 1 rings (SSSR count).